The molecule has 6 nitrogen and oxygen atoms in total. The highest BCUT2D eigenvalue weighted by atomic mass is 32.1. The molecule has 210 valence electrons. The lowest BCUT2D eigenvalue weighted by Gasteiger charge is -2.24. The molecule has 7 heteroatoms. The highest BCUT2D eigenvalue weighted by Crippen LogP contribution is 2.34. The van der Waals surface area contributed by atoms with E-state index in [9.17, 15) is 0 Å². The van der Waals surface area contributed by atoms with Crippen LogP contribution in [0.5, 0.6) is 0 Å². The first-order chi connectivity index (χ1) is 20.0. The summed E-state index contributed by atoms with van der Waals surface area (Å²) in [5.41, 5.74) is 9.52. The third-order valence-electron chi connectivity index (χ3n) is 7.57. The second-order valence-corrected chi connectivity index (χ2v) is 11.2. The fourth-order valence-corrected chi connectivity index (χ4v) is 6.10. The molecule has 4 heterocycles. The second-order valence-electron chi connectivity index (χ2n) is 10.3. The number of piperidine rings is 1. The van der Waals surface area contributed by atoms with Gasteiger partial charge in [0.05, 0.1) is 5.52 Å². The van der Waals surface area contributed by atoms with E-state index >= 15 is 0 Å². The monoisotopic (exact) mass is 562 g/mol. The van der Waals surface area contributed by atoms with Crippen LogP contribution >= 0.6 is 11.3 Å². The molecule has 41 heavy (non-hydrogen) atoms. The van der Waals surface area contributed by atoms with E-state index in [4.69, 9.17) is 4.98 Å². The molecule has 0 radical (unpaired) electrons. The van der Waals surface area contributed by atoms with E-state index in [1.165, 1.54) is 17.7 Å². The Balaban J connectivity index is 1.42. The van der Waals surface area contributed by atoms with Crippen molar-refractivity contribution in [1.29, 1.82) is 0 Å². The van der Waals surface area contributed by atoms with Crippen molar-refractivity contribution in [3.05, 3.63) is 114 Å². The largest absolute Gasteiger partial charge is 0.388 e. The van der Waals surface area contributed by atoms with E-state index in [0.29, 0.717) is 17.4 Å². The zero-order valence-electron chi connectivity index (χ0n) is 23.9. The van der Waals surface area contributed by atoms with Crippen molar-refractivity contribution in [1.82, 2.24) is 25.6 Å². The first-order valence-electron chi connectivity index (χ1n) is 14.1. The summed E-state index contributed by atoms with van der Waals surface area (Å²) in [6.45, 7) is 17.0. The number of allylic oxidation sites excluding steroid dienone is 5. The van der Waals surface area contributed by atoms with E-state index in [1.807, 2.05) is 26.1 Å². The number of benzene rings is 1. The third kappa shape index (κ3) is 6.42. The lowest BCUT2D eigenvalue weighted by atomic mass is 9.93. The molecule has 4 aromatic rings. The molecule has 1 aromatic carbocycles. The highest BCUT2D eigenvalue weighted by Gasteiger charge is 2.17. The molecule has 0 saturated carbocycles. The number of fused-ring (bicyclic) bond motifs is 1. The van der Waals surface area contributed by atoms with Gasteiger partial charge in [-0.05, 0) is 98.1 Å². The summed E-state index contributed by atoms with van der Waals surface area (Å²) < 4.78 is 0. The predicted molar refractivity (Wildman–Crippen MR) is 176 cm³/mol. The van der Waals surface area contributed by atoms with Crippen molar-refractivity contribution >= 4 is 39.3 Å². The van der Waals surface area contributed by atoms with Gasteiger partial charge in [0.15, 0.2) is 5.65 Å². The number of pyridine rings is 1. The van der Waals surface area contributed by atoms with Crippen LogP contribution in [0.25, 0.3) is 32.8 Å². The number of nitrogens with one attached hydrogen (secondary N) is 4. The fraction of sp³-hybridized carbons (Fsp3) is 0.235. The van der Waals surface area contributed by atoms with E-state index in [0.717, 1.165) is 69.9 Å². The quantitative estimate of drug-likeness (QED) is 0.141. The van der Waals surface area contributed by atoms with Gasteiger partial charge in [0.1, 0.15) is 5.82 Å². The van der Waals surface area contributed by atoms with Crippen LogP contribution in [0.2, 0.25) is 0 Å². The Kier molecular flexibility index (Phi) is 8.97. The number of imidazole rings is 1. The summed E-state index contributed by atoms with van der Waals surface area (Å²) in [7, 11) is 1.92. The van der Waals surface area contributed by atoms with Gasteiger partial charge in [-0.2, -0.15) is 0 Å². The van der Waals surface area contributed by atoms with E-state index in [2.05, 4.69) is 93.5 Å². The Morgan fingerprint density at radius 3 is 2.71 bits per heavy atom. The number of aromatic amines is 1. The van der Waals surface area contributed by atoms with Gasteiger partial charge in [-0.25, -0.2) is 9.97 Å². The Morgan fingerprint density at radius 2 is 2.00 bits per heavy atom. The van der Waals surface area contributed by atoms with Gasteiger partial charge in [-0.15, -0.1) is 11.3 Å². The number of aromatic nitrogens is 3. The Bertz CT molecular complexity index is 1620. The Labute approximate surface area is 246 Å². The molecule has 0 spiro atoms. The zero-order valence-corrected chi connectivity index (χ0v) is 24.7. The summed E-state index contributed by atoms with van der Waals surface area (Å²) in [4.78, 5) is 14.0. The number of hydrogen-bond acceptors (Lipinski definition) is 6. The molecule has 1 aliphatic heterocycles. The summed E-state index contributed by atoms with van der Waals surface area (Å²) in [6, 6.07) is 12.5. The van der Waals surface area contributed by atoms with Crippen molar-refractivity contribution in [2.24, 2.45) is 5.92 Å². The van der Waals surface area contributed by atoms with Crippen LogP contribution in [0.4, 0.5) is 5.69 Å². The van der Waals surface area contributed by atoms with E-state index in [-0.39, 0.29) is 0 Å². The molecular formula is C34H38N6S. The van der Waals surface area contributed by atoms with Crippen LogP contribution in [0, 0.1) is 5.92 Å². The van der Waals surface area contributed by atoms with Crippen LogP contribution in [-0.4, -0.2) is 35.1 Å². The van der Waals surface area contributed by atoms with Crippen molar-refractivity contribution in [3.8, 4) is 10.4 Å². The van der Waals surface area contributed by atoms with E-state index < -0.39 is 0 Å². The zero-order chi connectivity index (χ0) is 28.8. The van der Waals surface area contributed by atoms with Gasteiger partial charge >= 0.3 is 0 Å². The van der Waals surface area contributed by atoms with E-state index in [1.54, 1.807) is 17.5 Å². The van der Waals surface area contributed by atoms with Crippen LogP contribution in [0.3, 0.4) is 0 Å². The second kappa shape index (κ2) is 13.0. The maximum absolute atomic E-state index is 4.82. The predicted octanol–water partition coefficient (Wildman–Crippen LogP) is 7.76. The average Bonchev–Trinajstić information content (AvgIpc) is 3.70. The summed E-state index contributed by atoms with van der Waals surface area (Å²) in [5, 5.41) is 12.3. The lowest BCUT2D eigenvalue weighted by molar-refractivity contribution is 0.368. The number of rotatable bonds is 11. The van der Waals surface area contributed by atoms with Crippen LogP contribution in [-0.2, 0) is 0 Å². The fourth-order valence-electron chi connectivity index (χ4n) is 5.35. The van der Waals surface area contributed by atoms with Gasteiger partial charge in [0.25, 0.3) is 0 Å². The lowest BCUT2D eigenvalue weighted by Crippen LogP contribution is -2.28. The molecule has 0 bridgehead atoms. The SMILES string of the molecule is C=C/C(=C\C(=C/C)c1ccc(NC)c(C(=C)c2nc3nccc(-c4cccs4)c3[nH]2)c1)NC(=C)CC1CCNCC1. The molecule has 1 saturated heterocycles. The van der Waals surface area contributed by atoms with Crippen LogP contribution in [0.1, 0.15) is 43.1 Å². The number of H-pyrrole nitrogens is 1. The maximum Gasteiger partial charge on any atom is 0.178 e. The summed E-state index contributed by atoms with van der Waals surface area (Å²) >= 11 is 1.70. The minimum absolute atomic E-state index is 0.668. The number of thiophene rings is 1. The Morgan fingerprint density at radius 1 is 1.17 bits per heavy atom. The van der Waals surface area contributed by atoms with Crippen molar-refractivity contribution in [3.63, 3.8) is 0 Å². The summed E-state index contributed by atoms with van der Waals surface area (Å²) in [5.74, 6) is 1.37. The minimum atomic E-state index is 0.668. The topological polar surface area (TPSA) is 77.7 Å². The van der Waals surface area contributed by atoms with Gasteiger partial charge in [0, 0.05) is 51.9 Å². The normalized spacial score (nSPS) is 14.7. The first kappa shape index (κ1) is 28.3. The third-order valence-corrected chi connectivity index (χ3v) is 8.47. The van der Waals surface area contributed by atoms with Crippen LogP contribution in [0.15, 0.2) is 97.3 Å². The van der Waals surface area contributed by atoms with Crippen LogP contribution < -0.4 is 16.0 Å². The van der Waals surface area contributed by atoms with Gasteiger partial charge in [-0.3, -0.25) is 0 Å². The minimum Gasteiger partial charge on any atom is -0.388 e. The molecule has 0 atom stereocenters. The van der Waals surface area contributed by atoms with Gasteiger partial charge in [0.2, 0.25) is 0 Å². The van der Waals surface area contributed by atoms with Gasteiger partial charge in [-0.1, -0.05) is 37.9 Å². The molecule has 0 aliphatic carbocycles. The maximum atomic E-state index is 4.82. The molecule has 0 amide bonds. The molecule has 0 unspecified atom stereocenters. The summed E-state index contributed by atoms with van der Waals surface area (Å²) in [6.07, 6.45) is 11.2. The molecular weight excluding hydrogens is 524 g/mol. The number of anilines is 1. The molecule has 1 fully saturated rings. The molecule has 1 aliphatic rings. The smallest absolute Gasteiger partial charge is 0.178 e. The molecule has 4 N–H and O–H groups in total. The molecule has 5 rings (SSSR count). The van der Waals surface area contributed by atoms with Crippen molar-refractivity contribution in [2.75, 3.05) is 25.5 Å². The number of nitrogens with zero attached hydrogens (tertiary/aromatic N) is 2. The van der Waals surface area contributed by atoms with Gasteiger partial charge < -0.3 is 20.9 Å². The standard InChI is InChI=1S/C34H38N6S/c1-6-25(20-27(7-2)38-22(3)19-24-12-15-36-16-13-24)26-10-11-30(35-5)29(21-26)23(4)33-39-32-28(31-9-8-18-41-31)14-17-37-34(32)40-33/h6-11,14,17-18,20-21,24,35-36,38H,2-4,12-13,15-16,19H2,1,5H3,(H,37,39,40)/b25-6+,27-20+. The van der Waals surface area contributed by atoms with Crippen molar-refractivity contribution < 1.29 is 0 Å². The Hall–Kier alpha value is -4.20. The average molecular weight is 563 g/mol. The highest BCUT2D eigenvalue weighted by molar-refractivity contribution is 7.13. The molecule has 3 aromatic heterocycles. The van der Waals surface area contributed by atoms with Crippen molar-refractivity contribution in [2.45, 2.75) is 26.2 Å². The first-order valence-corrected chi connectivity index (χ1v) is 14.9. The number of hydrogen-bond donors (Lipinski definition) is 4.